The third kappa shape index (κ3) is 2.89. The van der Waals surface area contributed by atoms with Crippen molar-refractivity contribution in [3.8, 4) is 0 Å². The molecule has 1 aromatic rings. The zero-order valence-electron chi connectivity index (χ0n) is 14.4. The van der Waals surface area contributed by atoms with Crippen LogP contribution in [-0.2, 0) is 9.31 Å². The summed E-state index contributed by atoms with van der Waals surface area (Å²) in [4.78, 5) is 7.01. The number of aromatic nitrogens is 1. The smallest absolute Gasteiger partial charge is 0.398 e. The lowest BCUT2D eigenvalue weighted by atomic mass is 9.84. The van der Waals surface area contributed by atoms with Crippen molar-refractivity contribution < 1.29 is 9.31 Å². The van der Waals surface area contributed by atoms with Gasteiger partial charge in [-0.25, -0.2) is 0 Å². The van der Waals surface area contributed by atoms with Crippen LogP contribution in [0.25, 0.3) is 0 Å². The number of hydrogen-bond donors (Lipinski definition) is 0. The molecule has 5 heteroatoms. The molecule has 3 rings (SSSR count). The highest BCUT2D eigenvalue weighted by Gasteiger charge is 2.52. The van der Waals surface area contributed by atoms with E-state index in [1.165, 1.54) is 18.5 Å². The summed E-state index contributed by atoms with van der Waals surface area (Å²) in [7, 11) is -0.375. The fraction of sp³-hybridized carbons (Fsp3) is 0.706. The van der Waals surface area contributed by atoms with Crippen molar-refractivity contribution in [3.63, 3.8) is 0 Å². The molecule has 0 saturated carbocycles. The van der Waals surface area contributed by atoms with E-state index in [4.69, 9.17) is 9.31 Å². The van der Waals surface area contributed by atoms with Crippen LogP contribution < -0.4 is 10.5 Å². The molecule has 0 aromatic carbocycles. The van der Waals surface area contributed by atoms with Gasteiger partial charge in [0.25, 0.3) is 0 Å². The molecule has 2 aliphatic heterocycles. The lowest BCUT2D eigenvalue weighted by molar-refractivity contribution is 0.00578. The summed E-state index contributed by atoms with van der Waals surface area (Å²) in [5, 5.41) is 0. The number of anilines is 1. The second kappa shape index (κ2) is 5.53. The SMILES string of the molecule is CC1CCN(c2ccc(B3OC(C)(C)C(C)(C)O3)nc2)CC1. The maximum atomic E-state index is 6.05. The molecule has 120 valence electrons. The molecule has 3 heterocycles. The summed E-state index contributed by atoms with van der Waals surface area (Å²) in [6, 6.07) is 4.18. The Balaban J connectivity index is 1.70. The first-order valence-corrected chi connectivity index (χ1v) is 8.35. The summed E-state index contributed by atoms with van der Waals surface area (Å²) in [5.41, 5.74) is 1.42. The molecule has 0 amide bonds. The van der Waals surface area contributed by atoms with Crippen LogP contribution in [0.3, 0.4) is 0 Å². The Bertz CT molecular complexity index is 506. The predicted molar refractivity (Wildman–Crippen MR) is 90.6 cm³/mol. The van der Waals surface area contributed by atoms with E-state index in [9.17, 15) is 0 Å². The fourth-order valence-electron chi connectivity index (χ4n) is 2.95. The van der Waals surface area contributed by atoms with Crippen molar-refractivity contribution in [2.75, 3.05) is 18.0 Å². The van der Waals surface area contributed by atoms with E-state index in [-0.39, 0.29) is 18.3 Å². The Morgan fingerprint density at radius 3 is 2.18 bits per heavy atom. The van der Waals surface area contributed by atoms with E-state index in [1.54, 1.807) is 0 Å². The van der Waals surface area contributed by atoms with Crippen molar-refractivity contribution >= 4 is 18.4 Å². The lowest BCUT2D eigenvalue weighted by Gasteiger charge is -2.32. The second-order valence-corrected chi connectivity index (χ2v) is 7.70. The van der Waals surface area contributed by atoms with Crippen molar-refractivity contribution in [2.45, 2.75) is 58.7 Å². The summed E-state index contributed by atoms with van der Waals surface area (Å²) in [6.07, 6.45) is 4.48. The van der Waals surface area contributed by atoms with E-state index in [0.717, 1.165) is 24.6 Å². The summed E-state index contributed by atoms with van der Waals surface area (Å²) >= 11 is 0. The monoisotopic (exact) mass is 302 g/mol. The number of nitrogens with zero attached hydrogens (tertiary/aromatic N) is 2. The first-order chi connectivity index (χ1) is 10.3. The van der Waals surface area contributed by atoms with Gasteiger partial charge in [0.15, 0.2) is 0 Å². The van der Waals surface area contributed by atoms with E-state index < -0.39 is 0 Å². The lowest BCUT2D eigenvalue weighted by Crippen LogP contribution is -2.41. The molecule has 0 atom stereocenters. The average molecular weight is 302 g/mol. The van der Waals surface area contributed by atoms with E-state index in [2.05, 4.69) is 50.6 Å². The van der Waals surface area contributed by atoms with Gasteiger partial charge in [-0.1, -0.05) is 6.92 Å². The maximum Gasteiger partial charge on any atom is 0.514 e. The highest BCUT2D eigenvalue weighted by Crippen LogP contribution is 2.36. The highest BCUT2D eigenvalue weighted by atomic mass is 16.7. The third-order valence-electron chi connectivity index (χ3n) is 5.41. The van der Waals surface area contributed by atoms with Crippen LogP contribution >= 0.6 is 0 Å². The minimum atomic E-state index is -0.375. The van der Waals surface area contributed by atoms with Crippen LogP contribution in [0.15, 0.2) is 18.3 Å². The molecular formula is C17H27BN2O2. The van der Waals surface area contributed by atoms with Gasteiger partial charge in [-0.2, -0.15) is 0 Å². The molecule has 0 aliphatic carbocycles. The highest BCUT2D eigenvalue weighted by molar-refractivity contribution is 6.61. The Morgan fingerprint density at radius 1 is 1.09 bits per heavy atom. The van der Waals surface area contributed by atoms with Crippen molar-refractivity contribution in [1.29, 1.82) is 0 Å². The minimum absolute atomic E-state index is 0.318. The summed E-state index contributed by atoms with van der Waals surface area (Å²) in [5.74, 6) is 0.841. The molecule has 0 spiro atoms. The number of pyridine rings is 1. The van der Waals surface area contributed by atoms with Gasteiger partial charge in [-0.05, 0) is 58.6 Å². The first kappa shape index (κ1) is 15.8. The Morgan fingerprint density at radius 2 is 1.68 bits per heavy atom. The molecule has 0 N–H and O–H groups in total. The van der Waals surface area contributed by atoms with Crippen LogP contribution in [0.2, 0.25) is 0 Å². The summed E-state index contributed by atoms with van der Waals surface area (Å²) in [6.45, 7) is 12.8. The molecule has 1 aromatic heterocycles. The zero-order chi connectivity index (χ0) is 16.0. The van der Waals surface area contributed by atoms with Crippen molar-refractivity contribution in [3.05, 3.63) is 18.3 Å². The van der Waals surface area contributed by atoms with Gasteiger partial charge in [0.05, 0.1) is 22.5 Å². The molecule has 4 nitrogen and oxygen atoms in total. The number of rotatable bonds is 2. The van der Waals surface area contributed by atoms with Crippen LogP contribution in [0.5, 0.6) is 0 Å². The number of hydrogen-bond acceptors (Lipinski definition) is 4. The summed E-state index contributed by atoms with van der Waals surface area (Å²) < 4.78 is 12.1. The molecule has 22 heavy (non-hydrogen) atoms. The van der Waals surface area contributed by atoms with Crippen molar-refractivity contribution in [1.82, 2.24) is 4.98 Å². The molecule has 2 aliphatic rings. The second-order valence-electron chi connectivity index (χ2n) is 7.70. The van der Waals surface area contributed by atoms with E-state index >= 15 is 0 Å². The van der Waals surface area contributed by atoms with Gasteiger partial charge in [-0.3, -0.25) is 4.98 Å². The predicted octanol–water partition coefficient (Wildman–Crippen LogP) is 2.62. The van der Waals surface area contributed by atoms with Gasteiger partial charge in [-0.15, -0.1) is 0 Å². The molecule has 2 saturated heterocycles. The topological polar surface area (TPSA) is 34.6 Å². The fourth-order valence-corrected chi connectivity index (χ4v) is 2.95. The van der Waals surface area contributed by atoms with Crippen LogP contribution in [-0.4, -0.2) is 36.4 Å². The zero-order valence-corrected chi connectivity index (χ0v) is 14.4. The van der Waals surface area contributed by atoms with E-state index in [1.807, 2.05) is 12.3 Å². The molecular weight excluding hydrogens is 275 g/mol. The Hall–Kier alpha value is -1.07. The average Bonchev–Trinajstić information content (AvgIpc) is 2.68. The van der Waals surface area contributed by atoms with E-state index in [0.29, 0.717) is 0 Å². The largest absolute Gasteiger partial charge is 0.514 e. The normalized spacial score (nSPS) is 24.8. The quantitative estimate of drug-likeness (QED) is 0.787. The van der Waals surface area contributed by atoms with Gasteiger partial charge in [0.1, 0.15) is 0 Å². The molecule has 2 fully saturated rings. The third-order valence-corrected chi connectivity index (χ3v) is 5.41. The first-order valence-electron chi connectivity index (χ1n) is 8.35. The minimum Gasteiger partial charge on any atom is -0.398 e. The van der Waals surface area contributed by atoms with Gasteiger partial charge < -0.3 is 14.2 Å². The van der Waals surface area contributed by atoms with Crippen molar-refractivity contribution in [2.24, 2.45) is 5.92 Å². The maximum absolute atomic E-state index is 6.05. The Labute approximate surface area is 134 Å². The molecule has 0 bridgehead atoms. The Kier molecular flexibility index (Phi) is 3.98. The molecule has 0 radical (unpaired) electrons. The van der Waals surface area contributed by atoms with Crippen LogP contribution in [0.1, 0.15) is 47.5 Å². The van der Waals surface area contributed by atoms with Gasteiger partial charge >= 0.3 is 7.12 Å². The van der Waals surface area contributed by atoms with Gasteiger partial charge in [0.2, 0.25) is 0 Å². The molecule has 0 unspecified atom stereocenters. The van der Waals surface area contributed by atoms with Crippen LogP contribution in [0.4, 0.5) is 5.69 Å². The number of piperidine rings is 1. The van der Waals surface area contributed by atoms with Crippen LogP contribution in [0, 0.1) is 5.92 Å². The van der Waals surface area contributed by atoms with Gasteiger partial charge in [0, 0.05) is 19.3 Å². The standard InChI is InChI=1S/C17H27BN2O2/c1-13-8-10-20(11-9-13)14-6-7-15(19-12-14)18-21-16(2,3)17(4,5)22-18/h6-7,12-13H,8-11H2,1-5H3.